The van der Waals surface area contributed by atoms with Crippen molar-refractivity contribution in [1.82, 2.24) is 30.7 Å². The Bertz CT molecular complexity index is 1320. The van der Waals surface area contributed by atoms with Crippen LogP contribution in [0, 0.1) is 0 Å². The third kappa shape index (κ3) is 7.52. The standard InChI is InChI=1S/C27H34N6O6/c1-27(2,3)39-26(36)32-10-11-38-17-23(32)25(35)28-15-21-16-33(31-29-21)22(14-24(34)30-37)13-18-8-9-19-6-4-5-7-20(19)12-18/h4-9,12,16,22-23,37H,10-11,13-15,17H2,1-3H3,(H,28,35)(H,30,34)/t22-,23?/m1/s1. The van der Waals surface area contributed by atoms with Crippen LogP contribution in [-0.2, 0) is 32.0 Å². The highest BCUT2D eigenvalue weighted by atomic mass is 16.6. The largest absolute Gasteiger partial charge is 0.444 e. The third-order valence-electron chi connectivity index (χ3n) is 6.27. The fourth-order valence-corrected chi connectivity index (χ4v) is 4.39. The lowest BCUT2D eigenvalue weighted by atomic mass is 10.00. The number of nitrogens with zero attached hydrogens (tertiary/aromatic N) is 4. The molecule has 0 radical (unpaired) electrons. The summed E-state index contributed by atoms with van der Waals surface area (Å²) in [4.78, 5) is 39.0. The van der Waals surface area contributed by atoms with Gasteiger partial charge in [0.2, 0.25) is 11.8 Å². The normalized spacial score (nSPS) is 16.5. The Balaban J connectivity index is 1.42. The zero-order chi connectivity index (χ0) is 28.0. The van der Waals surface area contributed by atoms with Gasteiger partial charge in [-0.15, -0.1) is 5.10 Å². The molecule has 2 aromatic carbocycles. The summed E-state index contributed by atoms with van der Waals surface area (Å²) in [6.45, 7) is 5.97. The molecule has 3 amide bonds. The van der Waals surface area contributed by atoms with Gasteiger partial charge in [0.05, 0.1) is 38.4 Å². The number of nitrogens with one attached hydrogen (secondary N) is 2. The van der Waals surface area contributed by atoms with Gasteiger partial charge in [-0.1, -0.05) is 47.7 Å². The van der Waals surface area contributed by atoms with E-state index in [0.29, 0.717) is 18.7 Å². The van der Waals surface area contributed by atoms with E-state index in [9.17, 15) is 14.4 Å². The Morgan fingerprint density at radius 1 is 1.18 bits per heavy atom. The summed E-state index contributed by atoms with van der Waals surface area (Å²) in [6, 6.07) is 12.8. The average molecular weight is 539 g/mol. The molecule has 0 saturated carbocycles. The van der Waals surface area contributed by atoms with Gasteiger partial charge in [0, 0.05) is 6.54 Å². The highest BCUT2D eigenvalue weighted by Gasteiger charge is 2.35. The van der Waals surface area contributed by atoms with E-state index in [1.54, 1.807) is 37.1 Å². The topological polar surface area (TPSA) is 148 Å². The van der Waals surface area contributed by atoms with Crippen LogP contribution in [0.1, 0.15) is 44.5 Å². The summed E-state index contributed by atoms with van der Waals surface area (Å²) in [6.07, 6.45) is 1.52. The van der Waals surface area contributed by atoms with Gasteiger partial charge >= 0.3 is 6.09 Å². The fraction of sp³-hybridized carbons (Fsp3) is 0.444. The van der Waals surface area contributed by atoms with Crippen molar-refractivity contribution >= 4 is 28.7 Å². The number of aromatic nitrogens is 3. The summed E-state index contributed by atoms with van der Waals surface area (Å²) in [5.41, 5.74) is 2.45. The van der Waals surface area contributed by atoms with Gasteiger partial charge < -0.3 is 14.8 Å². The van der Waals surface area contributed by atoms with E-state index < -0.39 is 35.6 Å². The van der Waals surface area contributed by atoms with E-state index >= 15 is 0 Å². The minimum atomic E-state index is -0.836. The number of rotatable bonds is 8. The Morgan fingerprint density at radius 3 is 2.69 bits per heavy atom. The summed E-state index contributed by atoms with van der Waals surface area (Å²) in [5, 5.41) is 22.4. The zero-order valence-corrected chi connectivity index (χ0v) is 22.3. The molecule has 0 bridgehead atoms. The second-order valence-electron chi connectivity index (χ2n) is 10.5. The molecule has 3 N–H and O–H groups in total. The maximum Gasteiger partial charge on any atom is 0.411 e. The number of amides is 3. The highest BCUT2D eigenvalue weighted by molar-refractivity contribution is 5.86. The number of carbonyl (C=O) groups is 3. The van der Waals surface area contributed by atoms with Gasteiger partial charge in [-0.2, -0.15) is 0 Å². The molecule has 1 aromatic heterocycles. The number of fused-ring (bicyclic) bond motifs is 1. The molecule has 4 rings (SSSR count). The van der Waals surface area contributed by atoms with Crippen LogP contribution in [0.4, 0.5) is 4.79 Å². The molecule has 0 spiro atoms. The average Bonchev–Trinajstić information content (AvgIpc) is 3.39. The predicted molar refractivity (Wildman–Crippen MR) is 141 cm³/mol. The predicted octanol–water partition coefficient (Wildman–Crippen LogP) is 2.36. The van der Waals surface area contributed by atoms with Gasteiger partial charge in [-0.05, 0) is 43.5 Å². The molecule has 1 aliphatic heterocycles. The van der Waals surface area contributed by atoms with E-state index in [2.05, 4.69) is 21.7 Å². The maximum atomic E-state index is 12.9. The molecule has 1 fully saturated rings. The van der Waals surface area contributed by atoms with Crippen LogP contribution in [0.5, 0.6) is 0 Å². The number of hydrogen-bond donors (Lipinski definition) is 3. The fourth-order valence-electron chi connectivity index (χ4n) is 4.39. The zero-order valence-electron chi connectivity index (χ0n) is 22.3. The SMILES string of the molecule is CC(C)(C)OC(=O)N1CCOCC1C(=O)NCc1cn([C@@H](CC(=O)NO)Cc2ccc3ccccc3c2)nn1. The summed E-state index contributed by atoms with van der Waals surface area (Å²) in [5.74, 6) is -0.951. The lowest BCUT2D eigenvalue weighted by Gasteiger charge is -2.35. The van der Waals surface area contributed by atoms with Crippen LogP contribution in [0.25, 0.3) is 10.8 Å². The van der Waals surface area contributed by atoms with Crippen LogP contribution < -0.4 is 10.8 Å². The molecule has 2 atom stereocenters. The summed E-state index contributed by atoms with van der Waals surface area (Å²) < 4.78 is 12.4. The number of benzene rings is 2. The van der Waals surface area contributed by atoms with E-state index in [0.717, 1.165) is 16.3 Å². The first kappa shape index (κ1) is 28.0. The Kier molecular flexibility index (Phi) is 8.77. The van der Waals surface area contributed by atoms with Crippen LogP contribution in [0.3, 0.4) is 0 Å². The van der Waals surface area contributed by atoms with E-state index in [1.165, 1.54) is 4.90 Å². The van der Waals surface area contributed by atoms with Crippen LogP contribution in [0.2, 0.25) is 0 Å². The van der Waals surface area contributed by atoms with Crippen molar-refractivity contribution in [2.45, 2.75) is 57.8 Å². The second-order valence-corrected chi connectivity index (χ2v) is 10.5. The van der Waals surface area contributed by atoms with E-state index in [4.69, 9.17) is 14.7 Å². The second kappa shape index (κ2) is 12.2. The molecule has 1 aliphatic rings. The van der Waals surface area contributed by atoms with Crippen LogP contribution >= 0.6 is 0 Å². The summed E-state index contributed by atoms with van der Waals surface area (Å²) >= 11 is 0. The first-order valence-corrected chi connectivity index (χ1v) is 12.8. The molecule has 2 heterocycles. The number of hydrogen-bond acceptors (Lipinski definition) is 8. The summed E-state index contributed by atoms with van der Waals surface area (Å²) in [7, 11) is 0. The van der Waals surface area contributed by atoms with Gasteiger partial charge in [0.1, 0.15) is 17.3 Å². The molecule has 208 valence electrons. The Labute approximate surface area is 226 Å². The van der Waals surface area contributed by atoms with Crippen molar-refractivity contribution in [3.8, 4) is 0 Å². The monoisotopic (exact) mass is 538 g/mol. The molecule has 3 aromatic rings. The number of hydroxylamine groups is 1. The molecule has 12 nitrogen and oxygen atoms in total. The van der Waals surface area contributed by atoms with Crippen molar-refractivity contribution < 1.29 is 29.1 Å². The minimum absolute atomic E-state index is 0.0251. The first-order chi connectivity index (χ1) is 18.6. The third-order valence-corrected chi connectivity index (χ3v) is 6.27. The number of carbonyl (C=O) groups excluding carboxylic acids is 3. The molecule has 0 aliphatic carbocycles. The van der Waals surface area contributed by atoms with Crippen LogP contribution in [-0.4, -0.2) is 74.4 Å². The van der Waals surface area contributed by atoms with Crippen molar-refractivity contribution in [3.05, 3.63) is 59.9 Å². The van der Waals surface area contributed by atoms with E-state index in [-0.39, 0.29) is 26.1 Å². The van der Waals surface area contributed by atoms with E-state index in [1.807, 2.05) is 36.4 Å². The first-order valence-electron chi connectivity index (χ1n) is 12.8. The van der Waals surface area contributed by atoms with Gasteiger partial charge in [-0.3, -0.25) is 19.7 Å². The highest BCUT2D eigenvalue weighted by Crippen LogP contribution is 2.22. The quantitative estimate of drug-likeness (QED) is 0.292. The Morgan fingerprint density at radius 2 is 1.95 bits per heavy atom. The molecule has 39 heavy (non-hydrogen) atoms. The number of ether oxygens (including phenoxy) is 2. The Hall–Kier alpha value is -4.03. The molecular formula is C27H34N6O6. The molecular weight excluding hydrogens is 504 g/mol. The van der Waals surface area contributed by atoms with Crippen LogP contribution in [0.15, 0.2) is 48.7 Å². The number of morpholine rings is 1. The van der Waals surface area contributed by atoms with Crippen molar-refractivity contribution in [2.24, 2.45) is 0 Å². The minimum Gasteiger partial charge on any atom is -0.444 e. The smallest absolute Gasteiger partial charge is 0.411 e. The van der Waals surface area contributed by atoms with Crippen molar-refractivity contribution in [2.75, 3.05) is 19.8 Å². The maximum absolute atomic E-state index is 12.9. The van der Waals surface area contributed by atoms with Gasteiger partial charge in [-0.25, -0.2) is 15.0 Å². The molecule has 1 saturated heterocycles. The van der Waals surface area contributed by atoms with Crippen molar-refractivity contribution in [3.63, 3.8) is 0 Å². The lowest BCUT2D eigenvalue weighted by molar-refractivity contribution is -0.132. The van der Waals surface area contributed by atoms with Gasteiger partial charge in [0.15, 0.2) is 0 Å². The van der Waals surface area contributed by atoms with Gasteiger partial charge in [0.25, 0.3) is 0 Å². The van der Waals surface area contributed by atoms with Crippen molar-refractivity contribution in [1.29, 1.82) is 0 Å². The molecule has 12 heteroatoms. The lowest BCUT2D eigenvalue weighted by Crippen LogP contribution is -2.56. The molecule has 1 unspecified atom stereocenters.